The summed E-state index contributed by atoms with van der Waals surface area (Å²) in [5.41, 5.74) is 2.88. The molecule has 1 saturated carbocycles. The van der Waals surface area contributed by atoms with Crippen LogP contribution in [0.1, 0.15) is 60.2 Å². The van der Waals surface area contributed by atoms with Crippen LogP contribution in [0.5, 0.6) is 11.5 Å². The molecular formula is C23H32N4O3. The molecule has 2 aromatic rings. The highest BCUT2D eigenvalue weighted by atomic mass is 16.5. The van der Waals surface area contributed by atoms with Crippen LogP contribution < -0.4 is 14.8 Å². The Morgan fingerprint density at radius 3 is 2.67 bits per heavy atom. The van der Waals surface area contributed by atoms with E-state index in [0.717, 1.165) is 69.0 Å². The lowest BCUT2D eigenvalue weighted by molar-refractivity contribution is 0.0886. The topological polar surface area (TPSA) is 79.5 Å². The largest absolute Gasteiger partial charge is 0.497 e. The van der Waals surface area contributed by atoms with Gasteiger partial charge in [0.15, 0.2) is 0 Å². The molecule has 0 unspecified atom stereocenters. The molecule has 0 spiro atoms. The zero-order valence-corrected chi connectivity index (χ0v) is 18.2. The van der Waals surface area contributed by atoms with Crippen LogP contribution in [0.4, 0.5) is 0 Å². The molecule has 7 heteroatoms. The first kappa shape index (κ1) is 20.7. The number of ether oxygens (including phenoxy) is 2. The maximum atomic E-state index is 12.6. The minimum Gasteiger partial charge on any atom is -0.497 e. The number of H-pyrrole nitrogens is 1. The maximum Gasteiger partial charge on any atom is 0.255 e. The molecule has 1 saturated heterocycles. The summed E-state index contributed by atoms with van der Waals surface area (Å²) in [6, 6.07) is 5.75. The second-order valence-electron chi connectivity index (χ2n) is 8.31. The summed E-state index contributed by atoms with van der Waals surface area (Å²) in [7, 11) is 1.63. The number of aromatic nitrogens is 2. The van der Waals surface area contributed by atoms with E-state index in [4.69, 9.17) is 14.5 Å². The molecule has 1 aliphatic heterocycles. The number of nitrogens with zero attached hydrogens (tertiary/aromatic N) is 2. The van der Waals surface area contributed by atoms with E-state index in [1.807, 2.05) is 12.1 Å². The standard InChI is InChI=1S/C23H32N4O3/c1-4-22-24-15(2)20(26-22)14-27-11-9-17(10-12-27)30-21-13-18(29-3)7-8-19(21)23(28)25-16-5-6-16/h7-8,13,16-17H,4-6,9-12,14H2,1-3H3,(H,24,26)(H,25,28). The van der Waals surface area contributed by atoms with Crippen LogP contribution >= 0.6 is 0 Å². The molecule has 1 amide bonds. The first-order valence-electron chi connectivity index (χ1n) is 11.0. The van der Waals surface area contributed by atoms with Crippen LogP contribution in [0, 0.1) is 6.92 Å². The Bertz CT molecular complexity index is 883. The molecule has 2 N–H and O–H groups in total. The number of methoxy groups -OCH3 is 1. The van der Waals surface area contributed by atoms with Gasteiger partial charge in [-0.15, -0.1) is 0 Å². The number of carbonyl (C=O) groups excluding carboxylic acids is 1. The van der Waals surface area contributed by atoms with Crippen molar-refractivity contribution in [3.8, 4) is 11.5 Å². The molecule has 2 fully saturated rings. The second kappa shape index (κ2) is 9.08. The number of aromatic amines is 1. The van der Waals surface area contributed by atoms with E-state index in [1.165, 1.54) is 0 Å². The van der Waals surface area contributed by atoms with E-state index >= 15 is 0 Å². The molecule has 0 atom stereocenters. The average Bonchev–Trinajstić information content (AvgIpc) is 3.50. The Labute approximate surface area is 178 Å². The lowest BCUT2D eigenvalue weighted by Crippen LogP contribution is -2.38. The van der Waals surface area contributed by atoms with Gasteiger partial charge in [-0.05, 0) is 44.7 Å². The number of piperidine rings is 1. The van der Waals surface area contributed by atoms with Crippen molar-refractivity contribution in [2.45, 2.75) is 64.6 Å². The number of likely N-dealkylation sites (tertiary alicyclic amines) is 1. The molecule has 0 bridgehead atoms. The predicted octanol–water partition coefficient (Wildman–Crippen LogP) is 3.22. The summed E-state index contributed by atoms with van der Waals surface area (Å²) in [5.74, 6) is 2.30. The Kier molecular flexibility index (Phi) is 6.27. The normalized spacial score (nSPS) is 17.7. The monoisotopic (exact) mass is 412 g/mol. The Hall–Kier alpha value is -2.54. The molecular weight excluding hydrogens is 380 g/mol. The van der Waals surface area contributed by atoms with Gasteiger partial charge >= 0.3 is 0 Å². The third-order valence-electron chi connectivity index (χ3n) is 5.92. The summed E-state index contributed by atoms with van der Waals surface area (Å²) in [6.07, 6.45) is 4.98. The van der Waals surface area contributed by atoms with E-state index in [0.29, 0.717) is 23.1 Å². The van der Waals surface area contributed by atoms with Gasteiger partial charge in [0.05, 0.1) is 18.4 Å². The van der Waals surface area contributed by atoms with Gasteiger partial charge in [0.2, 0.25) is 0 Å². The third-order valence-corrected chi connectivity index (χ3v) is 5.92. The van der Waals surface area contributed by atoms with Crippen LogP contribution in [-0.4, -0.2) is 53.1 Å². The minimum absolute atomic E-state index is 0.0617. The third kappa shape index (κ3) is 4.95. The van der Waals surface area contributed by atoms with Crippen molar-refractivity contribution in [2.75, 3.05) is 20.2 Å². The van der Waals surface area contributed by atoms with Crippen LogP contribution in [0.3, 0.4) is 0 Å². The van der Waals surface area contributed by atoms with E-state index in [2.05, 4.69) is 29.0 Å². The van der Waals surface area contributed by atoms with Crippen molar-refractivity contribution in [1.29, 1.82) is 0 Å². The zero-order chi connectivity index (χ0) is 21.1. The van der Waals surface area contributed by atoms with Crippen molar-refractivity contribution in [1.82, 2.24) is 20.2 Å². The van der Waals surface area contributed by atoms with Gasteiger partial charge in [0.1, 0.15) is 23.4 Å². The molecule has 1 aromatic heterocycles. The van der Waals surface area contributed by atoms with E-state index in [-0.39, 0.29) is 12.0 Å². The Morgan fingerprint density at radius 1 is 1.27 bits per heavy atom. The Balaban J connectivity index is 1.37. The summed E-state index contributed by atoms with van der Waals surface area (Å²) in [4.78, 5) is 23.1. The summed E-state index contributed by atoms with van der Waals surface area (Å²) < 4.78 is 11.7. The van der Waals surface area contributed by atoms with Crippen LogP contribution in [0.25, 0.3) is 0 Å². The first-order valence-corrected chi connectivity index (χ1v) is 11.0. The number of aryl methyl sites for hydroxylation is 2. The summed E-state index contributed by atoms with van der Waals surface area (Å²) >= 11 is 0. The molecule has 30 heavy (non-hydrogen) atoms. The number of imidazole rings is 1. The zero-order valence-electron chi connectivity index (χ0n) is 18.2. The van der Waals surface area contributed by atoms with Crippen molar-refractivity contribution >= 4 is 5.91 Å². The van der Waals surface area contributed by atoms with Crippen molar-refractivity contribution in [3.63, 3.8) is 0 Å². The molecule has 1 aliphatic carbocycles. The SMILES string of the molecule is CCc1nc(CN2CCC(Oc3cc(OC)ccc3C(=O)NC3CC3)CC2)c(C)[nH]1. The van der Waals surface area contributed by atoms with Gasteiger partial charge < -0.3 is 19.8 Å². The second-order valence-corrected chi connectivity index (χ2v) is 8.31. The van der Waals surface area contributed by atoms with Gasteiger partial charge in [0.25, 0.3) is 5.91 Å². The van der Waals surface area contributed by atoms with Gasteiger partial charge in [-0.25, -0.2) is 4.98 Å². The molecule has 4 rings (SSSR count). The number of nitrogens with one attached hydrogen (secondary N) is 2. The molecule has 7 nitrogen and oxygen atoms in total. The fourth-order valence-corrected chi connectivity index (χ4v) is 3.87. The molecule has 2 heterocycles. The average molecular weight is 413 g/mol. The smallest absolute Gasteiger partial charge is 0.255 e. The molecule has 0 radical (unpaired) electrons. The fourth-order valence-electron chi connectivity index (χ4n) is 3.87. The van der Waals surface area contributed by atoms with Gasteiger partial charge in [-0.3, -0.25) is 9.69 Å². The number of benzene rings is 1. The lowest BCUT2D eigenvalue weighted by Gasteiger charge is -2.32. The van der Waals surface area contributed by atoms with Crippen molar-refractivity contribution in [2.24, 2.45) is 0 Å². The van der Waals surface area contributed by atoms with Gasteiger partial charge in [-0.1, -0.05) is 6.92 Å². The summed E-state index contributed by atoms with van der Waals surface area (Å²) in [6.45, 7) is 6.97. The minimum atomic E-state index is -0.0617. The lowest BCUT2D eigenvalue weighted by atomic mass is 10.1. The van der Waals surface area contributed by atoms with Crippen LogP contribution in [0.15, 0.2) is 18.2 Å². The molecule has 1 aromatic carbocycles. The molecule has 162 valence electrons. The van der Waals surface area contributed by atoms with Crippen LogP contribution in [-0.2, 0) is 13.0 Å². The number of rotatable bonds is 8. The highest BCUT2D eigenvalue weighted by Crippen LogP contribution is 2.29. The van der Waals surface area contributed by atoms with E-state index in [9.17, 15) is 4.79 Å². The van der Waals surface area contributed by atoms with Crippen molar-refractivity contribution in [3.05, 3.63) is 41.0 Å². The van der Waals surface area contributed by atoms with E-state index in [1.54, 1.807) is 13.2 Å². The molecule has 2 aliphatic rings. The highest BCUT2D eigenvalue weighted by Gasteiger charge is 2.27. The first-order chi connectivity index (χ1) is 14.6. The predicted molar refractivity (Wildman–Crippen MR) is 115 cm³/mol. The number of carbonyl (C=O) groups is 1. The Morgan fingerprint density at radius 2 is 2.03 bits per heavy atom. The quantitative estimate of drug-likeness (QED) is 0.696. The highest BCUT2D eigenvalue weighted by molar-refractivity contribution is 5.97. The van der Waals surface area contributed by atoms with Gasteiger partial charge in [0, 0.05) is 43.9 Å². The number of hydrogen-bond donors (Lipinski definition) is 2. The summed E-state index contributed by atoms with van der Waals surface area (Å²) in [5, 5.41) is 3.05. The number of hydrogen-bond acceptors (Lipinski definition) is 5. The fraction of sp³-hybridized carbons (Fsp3) is 0.565. The van der Waals surface area contributed by atoms with Crippen molar-refractivity contribution < 1.29 is 14.3 Å². The van der Waals surface area contributed by atoms with E-state index < -0.39 is 0 Å². The van der Waals surface area contributed by atoms with Gasteiger partial charge in [-0.2, -0.15) is 0 Å². The number of amides is 1. The van der Waals surface area contributed by atoms with Crippen LogP contribution in [0.2, 0.25) is 0 Å². The maximum absolute atomic E-state index is 12.6.